The minimum atomic E-state index is -0.324. The third-order valence-corrected chi connectivity index (χ3v) is 4.24. The number of anilines is 1. The summed E-state index contributed by atoms with van der Waals surface area (Å²) < 4.78 is 1.40. The highest BCUT2D eigenvalue weighted by Crippen LogP contribution is 2.21. The Bertz CT molecular complexity index is 828. The number of hydrogen-bond acceptors (Lipinski definition) is 5. The summed E-state index contributed by atoms with van der Waals surface area (Å²) in [6, 6.07) is 3.24. The van der Waals surface area contributed by atoms with E-state index in [1.807, 2.05) is 25.2 Å². The first kappa shape index (κ1) is 16.2. The highest BCUT2D eigenvalue weighted by molar-refractivity contribution is 5.94. The predicted octanol–water partition coefficient (Wildman–Crippen LogP) is 0.529. The summed E-state index contributed by atoms with van der Waals surface area (Å²) in [6.45, 7) is 0. The van der Waals surface area contributed by atoms with Gasteiger partial charge >= 0.3 is 0 Å². The van der Waals surface area contributed by atoms with Crippen LogP contribution in [0, 0.1) is 0 Å². The van der Waals surface area contributed by atoms with Crippen molar-refractivity contribution in [2.24, 2.45) is 7.05 Å². The average molecular weight is 327 g/mol. The summed E-state index contributed by atoms with van der Waals surface area (Å²) in [6.07, 6.45) is 5.74. The maximum Gasteiger partial charge on any atom is 0.263 e. The van der Waals surface area contributed by atoms with Crippen LogP contribution in [0.15, 0.2) is 29.3 Å². The third-order valence-electron chi connectivity index (χ3n) is 4.24. The number of carbonyl (C=O) groups is 1. The molecular formula is C17H21N5O2. The van der Waals surface area contributed by atoms with Crippen LogP contribution in [0.4, 0.5) is 5.95 Å². The molecule has 0 radical (unpaired) electrons. The van der Waals surface area contributed by atoms with Gasteiger partial charge in [-0.3, -0.25) is 9.59 Å². The molecule has 1 aliphatic carbocycles. The lowest BCUT2D eigenvalue weighted by Gasteiger charge is -2.25. The van der Waals surface area contributed by atoms with E-state index in [1.165, 1.54) is 4.57 Å². The molecule has 0 fully saturated rings. The fourth-order valence-electron chi connectivity index (χ4n) is 2.87. The second-order valence-corrected chi connectivity index (χ2v) is 6.29. The molecule has 1 aliphatic rings. The Morgan fingerprint density at radius 1 is 1.42 bits per heavy atom. The van der Waals surface area contributed by atoms with E-state index in [9.17, 15) is 9.59 Å². The first-order valence-electron chi connectivity index (χ1n) is 7.94. The van der Waals surface area contributed by atoms with Gasteiger partial charge in [-0.15, -0.1) is 0 Å². The molecule has 1 atom stereocenters. The van der Waals surface area contributed by atoms with Gasteiger partial charge in [-0.1, -0.05) is 0 Å². The molecule has 1 N–H and O–H groups in total. The Balaban J connectivity index is 1.73. The fraction of sp³-hybridized carbons (Fsp3) is 0.412. The van der Waals surface area contributed by atoms with Gasteiger partial charge in [-0.2, -0.15) is 0 Å². The molecule has 126 valence electrons. The lowest BCUT2D eigenvalue weighted by Crippen LogP contribution is -2.41. The molecule has 0 aromatic carbocycles. The lowest BCUT2D eigenvalue weighted by atomic mass is 9.92. The van der Waals surface area contributed by atoms with Gasteiger partial charge in [0.05, 0.1) is 0 Å². The van der Waals surface area contributed by atoms with Gasteiger partial charge in [0.15, 0.2) is 0 Å². The van der Waals surface area contributed by atoms with Gasteiger partial charge in [-0.05, 0) is 37.0 Å². The van der Waals surface area contributed by atoms with Gasteiger partial charge < -0.3 is 14.8 Å². The van der Waals surface area contributed by atoms with Crippen molar-refractivity contribution in [1.29, 1.82) is 0 Å². The number of amides is 1. The van der Waals surface area contributed by atoms with E-state index in [1.54, 1.807) is 25.4 Å². The maximum absolute atomic E-state index is 12.4. The van der Waals surface area contributed by atoms with Gasteiger partial charge in [-0.25, -0.2) is 9.97 Å². The first-order chi connectivity index (χ1) is 11.5. The summed E-state index contributed by atoms with van der Waals surface area (Å²) >= 11 is 0. The van der Waals surface area contributed by atoms with Gasteiger partial charge in [0.1, 0.15) is 5.56 Å². The SMILES string of the molecule is CN(C)c1ncc2c(n1)CC[C@@H](NC(=O)c1cccn(C)c1=O)C2. The molecule has 0 saturated carbocycles. The molecule has 0 unspecified atom stereocenters. The zero-order chi connectivity index (χ0) is 17.3. The van der Waals surface area contributed by atoms with Crippen LogP contribution >= 0.6 is 0 Å². The molecule has 3 rings (SSSR count). The van der Waals surface area contributed by atoms with Crippen LogP contribution in [0.3, 0.4) is 0 Å². The molecule has 1 amide bonds. The van der Waals surface area contributed by atoms with Crippen molar-refractivity contribution in [3.63, 3.8) is 0 Å². The van der Waals surface area contributed by atoms with Gasteiger partial charge in [0.25, 0.3) is 11.5 Å². The number of rotatable bonds is 3. The Kier molecular flexibility index (Phi) is 4.33. The summed E-state index contributed by atoms with van der Waals surface area (Å²) in [7, 11) is 5.46. The normalized spacial score (nSPS) is 16.4. The van der Waals surface area contributed by atoms with Crippen LogP contribution in [0.25, 0.3) is 0 Å². The average Bonchev–Trinajstić information content (AvgIpc) is 2.56. The fourth-order valence-corrected chi connectivity index (χ4v) is 2.87. The van der Waals surface area contributed by atoms with E-state index in [0.717, 1.165) is 24.1 Å². The zero-order valence-electron chi connectivity index (χ0n) is 14.1. The molecule has 0 saturated heterocycles. The molecule has 0 bridgehead atoms. The molecule has 2 aromatic heterocycles. The smallest absolute Gasteiger partial charge is 0.263 e. The van der Waals surface area contributed by atoms with Crippen molar-refractivity contribution in [2.75, 3.05) is 19.0 Å². The van der Waals surface area contributed by atoms with Crippen LogP contribution in [0.2, 0.25) is 0 Å². The van der Waals surface area contributed by atoms with Crippen LogP contribution in [-0.2, 0) is 19.9 Å². The Morgan fingerprint density at radius 3 is 2.96 bits per heavy atom. The zero-order valence-corrected chi connectivity index (χ0v) is 14.1. The third kappa shape index (κ3) is 3.15. The summed E-state index contributed by atoms with van der Waals surface area (Å²) in [5.41, 5.74) is 1.98. The van der Waals surface area contributed by atoms with E-state index in [2.05, 4.69) is 15.3 Å². The van der Waals surface area contributed by atoms with Crippen molar-refractivity contribution in [3.8, 4) is 0 Å². The van der Waals surface area contributed by atoms with E-state index < -0.39 is 0 Å². The van der Waals surface area contributed by atoms with E-state index >= 15 is 0 Å². The summed E-state index contributed by atoms with van der Waals surface area (Å²) in [5, 5.41) is 2.96. The van der Waals surface area contributed by atoms with Crippen LogP contribution in [-0.4, -0.2) is 40.6 Å². The van der Waals surface area contributed by atoms with Crippen molar-refractivity contribution in [2.45, 2.75) is 25.3 Å². The monoisotopic (exact) mass is 327 g/mol. The van der Waals surface area contributed by atoms with E-state index in [0.29, 0.717) is 12.4 Å². The number of nitrogens with zero attached hydrogens (tertiary/aromatic N) is 4. The number of aromatic nitrogens is 3. The van der Waals surface area contributed by atoms with Crippen molar-refractivity contribution in [1.82, 2.24) is 19.9 Å². The molecule has 0 spiro atoms. The van der Waals surface area contributed by atoms with Gasteiger partial charge in [0.2, 0.25) is 5.95 Å². The largest absolute Gasteiger partial charge is 0.349 e. The van der Waals surface area contributed by atoms with Crippen LogP contribution < -0.4 is 15.8 Å². The molecule has 2 aromatic rings. The Labute approximate surface area is 140 Å². The Morgan fingerprint density at radius 2 is 2.21 bits per heavy atom. The Hall–Kier alpha value is -2.70. The number of fused-ring (bicyclic) bond motifs is 1. The number of nitrogens with one attached hydrogen (secondary N) is 1. The first-order valence-corrected chi connectivity index (χ1v) is 7.94. The number of aryl methyl sites for hydroxylation is 2. The van der Waals surface area contributed by atoms with Crippen LogP contribution in [0.5, 0.6) is 0 Å². The van der Waals surface area contributed by atoms with Gasteiger partial charge in [0, 0.05) is 45.3 Å². The second kappa shape index (κ2) is 6.43. The standard InChI is InChI=1S/C17H21N5O2/c1-21(2)17-18-10-11-9-12(6-7-14(11)20-17)19-15(23)13-5-4-8-22(3)16(13)24/h4-5,8,10,12H,6-7,9H2,1-3H3,(H,19,23)/t12-/m1/s1. The highest BCUT2D eigenvalue weighted by atomic mass is 16.2. The van der Waals surface area contributed by atoms with Crippen molar-refractivity contribution in [3.05, 3.63) is 51.7 Å². The topological polar surface area (TPSA) is 80.1 Å². The number of hydrogen-bond donors (Lipinski definition) is 1. The summed E-state index contributed by atoms with van der Waals surface area (Å²) in [4.78, 5) is 35.2. The molecule has 2 heterocycles. The molecule has 7 heteroatoms. The van der Waals surface area contributed by atoms with Crippen molar-refractivity contribution >= 4 is 11.9 Å². The summed E-state index contributed by atoms with van der Waals surface area (Å²) in [5.74, 6) is 0.375. The highest BCUT2D eigenvalue weighted by Gasteiger charge is 2.23. The van der Waals surface area contributed by atoms with Crippen molar-refractivity contribution < 1.29 is 4.79 Å². The second-order valence-electron chi connectivity index (χ2n) is 6.29. The number of carbonyl (C=O) groups excluding carboxylic acids is 1. The van der Waals surface area contributed by atoms with E-state index in [4.69, 9.17) is 0 Å². The minimum Gasteiger partial charge on any atom is -0.349 e. The van der Waals surface area contributed by atoms with E-state index in [-0.39, 0.29) is 23.1 Å². The maximum atomic E-state index is 12.4. The number of pyridine rings is 1. The quantitative estimate of drug-likeness (QED) is 0.889. The lowest BCUT2D eigenvalue weighted by molar-refractivity contribution is 0.0931. The predicted molar refractivity (Wildman–Crippen MR) is 91.3 cm³/mol. The minimum absolute atomic E-state index is 0.0104. The molecule has 7 nitrogen and oxygen atoms in total. The molecular weight excluding hydrogens is 306 g/mol. The van der Waals surface area contributed by atoms with Crippen LogP contribution in [0.1, 0.15) is 28.0 Å². The molecule has 0 aliphatic heterocycles. The molecule has 24 heavy (non-hydrogen) atoms.